The van der Waals surface area contributed by atoms with Gasteiger partial charge in [0.15, 0.2) is 6.61 Å². The first-order valence-corrected chi connectivity index (χ1v) is 10.3. The van der Waals surface area contributed by atoms with Crippen molar-refractivity contribution < 1.29 is 19.1 Å². The third-order valence-electron chi connectivity index (χ3n) is 7.20. The fourth-order valence-electron chi connectivity index (χ4n) is 6.33. The van der Waals surface area contributed by atoms with E-state index < -0.39 is 0 Å². The maximum Gasteiger partial charge on any atom is 0.312 e. The fraction of sp³-hybridized carbons (Fsp3) is 0.727. The minimum absolute atomic E-state index is 0.107. The van der Waals surface area contributed by atoms with Gasteiger partial charge in [0, 0.05) is 30.6 Å². The highest BCUT2D eigenvalue weighted by Crippen LogP contribution is 2.60. The second-order valence-electron chi connectivity index (χ2n) is 9.13. The first kappa shape index (κ1) is 18.7. The molecule has 1 heterocycles. The van der Waals surface area contributed by atoms with Gasteiger partial charge in [0.1, 0.15) is 0 Å². The molecule has 4 saturated carbocycles. The van der Waals surface area contributed by atoms with Crippen LogP contribution in [0.1, 0.15) is 60.3 Å². The Labute approximate surface area is 161 Å². The summed E-state index contributed by atoms with van der Waals surface area (Å²) in [5.41, 5.74) is 2.30. The van der Waals surface area contributed by atoms with E-state index in [0.717, 1.165) is 30.7 Å². The van der Waals surface area contributed by atoms with Gasteiger partial charge in [0.2, 0.25) is 5.78 Å². The lowest BCUT2D eigenvalue weighted by Crippen LogP contribution is -2.50. The molecular weight excluding hydrogens is 342 g/mol. The summed E-state index contributed by atoms with van der Waals surface area (Å²) in [6.07, 6.45) is 6.78. The van der Waals surface area contributed by atoms with Crippen LogP contribution >= 0.6 is 0 Å². The fourth-order valence-corrected chi connectivity index (χ4v) is 6.33. The highest BCUT2D eigenvalue weighted by Gasteiger charge is 2.55. The van der Waals surface area contributed by atoms with Gasteiger partial charge in [-0.2, -0.15) is 0 Å². The van der Waals surface area contributed by atoms with E-state index in [4.69, 9.17) is 9.47 Å². The summed E-state index contributed by atoms with van der Waals surface area (Å²) < 4.78 is 12.8. The van der Waals surface area contributed by atoms with Crippen LogP contribution in [0.5, 0.6) is 0 Å². The number of hydrogen-bond donors (Lipinski definition) is 0. The van der Waals surface area contributed by atoms with Crippen molar-refractivity contribution in [3.05, 3.63) is 23.0 Å². The lowest BCUT2D eigenvalue weighted by atomic mass is 9.49. The van der Waals surface area contributed by atoms with Crippen molar-refractivity contribution in [1.82, 2.24) is 4.57 Å². The molecule has 0 N–H and O–H groups in total. The van der Waals surface area contributed by atoms with Crippen LogP contribution in [0.2, 0.25) is 0 Å². The summed E-state index contributed by atoms with van der Waals surface area (Å²) in [6.45, 7) is 5.10. The van der Waals surface area contributed by atoms with Crippen LogP contribution in [-0.2, 0) is 20.8 Å². The quantitative estimate of drug-likeness (QED) is 0.540. The second-order valence-corrected chi connectivity index (χ2v) is 9.13. The maximum atomic E-state index is 12.9. The van der Waals surface area contributed by atoms with Gasteiger partial charge in [-0.1, -0.05) is 0 Å². The highest BCUT2D eigenvalue weighted by atomic mass is 16.5. The molecule has 4 fully saturated rings. The summed E-state index contributed by atoms with van der Waals surface area (Å²) in [7, 11) is 1.67. The zero-order valence-corrected chi connectivity index (χ0v) is 16.8. The number of aryl methyl sites for hydroxylation is 1. The summed E-state index contributed by atoms with van der Waals surface area (Å²) in [5.74, 6) is 1.85. The average molecular weight is 373 g/mol. The number of esters is 1. The maximum absolute atomic E-state index is 12.9. The standard InChI is InChI=1S/C22H31NO4/c1-14-6-19(15(2)23(14)4-5-26-3)20(24)13-27-21(25)22-10-16-7-17(11-22)9-18(8-16)12-22/h6,16-18H,4-5,7-13H2,1-3H3. The van der Waals surface area contributed by atoms with Gasteiger partial charge in [-0.05, 0) is 76.2 Å². The number of carbonyl (C=O) groups is 2. The van der Waals surface area contributed by atoms with Crippen molar-refractivity contribution in [3.63, 3.8) is 0 Å². The molecular formula is C22H31NO4. The lowest BCUT2D eigenvalue weighted by Gasteiger charge is -2.55. The molecule has 0 saturated heterocycles. The predicted octanol–water partition coefficient (Wildman–Crippen LogP) is 3.69. The SMILES string of the molecule is COCCn1c(C)cc(C(=O)COC(=O)C23CC4CC(CC(C4)C2)C3)c1C. The molecule has 5 rings (SSSR count). The molecule has 5 heteroatoms. The van der Waals surface area contributed by atoms with E-state index in [1.165, 1.54) is 19.3 Å². The van der Waals surface area contributed by atoms with Gasteiger partial charge in [-0.3, -0.25) is 9.59 Å². The van der Waals surface area contributed by atoms with Crippen molar-refractivity contribution in [3.8, 4) is 0 Å². The molecule has 0 aliphatic heterocycles. The number of aromatic nitrogens is 1. The first-order valence-electron chi connectivity index (χ1n) is 10.3. The molecule has 0 spiro atoms. The number of hydrogen-bond acceptors (Lipinski definition) is 4. The van der Waals surface area contributed by atoms with Crippen LogP contribution in [-0.4, -0.2) is 36.6 Å². The molecule has 5 nitrogen and oxygen atoms in total. The molecule has 148 valence electrons. The summed E-state index contributed by atoms with van der Waals surface area (Å²) in [5, 5.41) is 0. The normalized spacial score (nSPS) is 31.3. The monoisotopic (exact) mass is 373 g/mol. The number of ether oxygens (including phenoxy) is 2. The Kier molecular flexibility index (Phi) is 4.91. The number of ketones is 1. The Bertz CT molecular complexity index is 712. The number of rotatable bonds is 7. The number of nitrogens with zero attached hydrogens (tertiary/aromatic N) is 1. The number of carbonyl (C=O) groups excluding carboxylic acids is 2. The van der Waals surface area contributed by atoms with Gasteiger partial charge < -0.3 is 14.0 Å². The van der Waals surface area contributed by atoms with Gasteiger partial charge in [0.05, 0.1) is 12.0 Å². The van der Waals surface area contributed by atoms with Gasteiger partial charge in [0.25, 0.3) is 0 Å². The zero-order valence-electron chi connectivity index (χ0n) is 16.8. The van der Waals surface area contributed by atoms with Crippen LogP contribution in [0, 0.1) is 37.0 Å². The van der Waals surface area contributed by atoms with E-state index in [-0.39, 0.29) is 23.8 Å². The minimum Gasteiger partial charge on any atom is -0.457 e. The van der Waals surface area contributed by atoms with Crippen molar-refractivity contribution in [2.75, 3.05) is 20.3 Å². The van der Waals surface area contributed by atoms with Crippen molar-refractivity contribution in [2.24, 2.45) is 23.2 Å². The third-order valence-corrected chi connectivity index (χ3v) is 7.20. The molecule has 4 aliphatic rings. The molecule has 0 unspecified atom stereocenters. The van der Waals surface area contributed by atoms with Crippen molar-refractivity contribution in [1.29, 1.82) is 0 Å². The molecule has 1 aromatic rings. The van der Waals surface area contributed by atoms with Crippen LogP contribution < -0.4 is 0 Å². The van der Waals surface area contributed by atoms with E-state index >= 15 is 0 Å². The highest BCUT2D eigenvalue weighted by molar-refractivity contribution is 5.99. The van der Waals surface area contributed by atoms with Crippen molar-refractivity contribution >= 4 is 11.8 Å². The molecule has 0 aromatic carbocycles. The molecule has 0 radical (unpaired) electrons. The molecule has 4 aliphatic carbocycles. The largest absolute Gasteiger partial charge is 0.457 e. The zero-order chi connectivity index (χ0) is 19.2. The van der Waals surface area contributed by atoms with E-state index in [9.17, 15) is 9.59 Å². The average Bonchev–Trinajstić information content (AvgIpc) is 2.90. The lowest BCUT2D eigenvalue weighted by molar-refractivity contribution is -0.170. The Morgan fingerprint density at radius 1 is 1.11 bits per heavy atom. The van der Waals surface area contributed by atoms with E-state index in [1.807, 2.05) is 19.9 Å². The smallest absolute Gasteiger partial charge is 0.312 e. The summed E-state index contributed by atoms with van der Waals surface area (Å²) in [4.78, 5) is 25.6. The second kappa shape index (κ2) is 7.08. The van der Waals surface area contributed by atoms with Crippen LogP contribution in [0.3, 0.4) is 0 Å². The Morgan fingerprint density at radius 2 is 1.70 bits per heavy atom. The summed E-state index contributed by atoms with van der Waals surface area (Å²) in [6, 6.07) is 1.89. The van der Waals surface area contributed by atoms with E-state index in [2.05, 4.69) is 4.57 Å². The molecule has 4 bridgehead atoms. The summed E-state index contributed by atoms with van der Waals surface area (Å²) >= 11 is 0. The molecule has 0 atom stereocenters. The first-order chi connectivity index (χ1) is 12.9. The van der Waals surface area contributed by atoms with Gasteiger partial charge in [-0.25, -0.2) is 0 Å². The van der Waals surface area contributed by atoms with E-state index in [1.54, 1.807) is 7.11 Å². The van der Waals surface area contributed by atoms with Crippen LogP contribution in [0.15, 0.2) is 6.07 Å². The molecule has 27 heavy (non-hydrogen) atoms. The predicted molar refractivity (Wildman–Crippen MR) is 102 cm³/mol. The Hall–Kier alpha value is -1.62. The Balaban J connectivity index is 1.40. The Morgan fingerprint density at radius 3 is 2.26 bits per heavy atom. The number of methoxy groups -OCH3 is 1. The van der Waals surface area contributed by atoms with Gasteiger partial charge in [-0.15, -0.1) is 0 Å². The minimum atomic E-state index is -0.301. The topological polar surface area (TPSA) is 57.5 Å². The van der Waals surface area contributed by atoms with Crippen LogP contribution in [0.4, 0.5) is 0 Å². The van der Waals surface area contributed by atoms with Crippen molar-refractivity contribution in [2.45, 2.75) is 58.9 Å². The number of Topliss-reactive ketones (excluding diaryl/α,β-unsaturated/α-hetero) is 1. The van der Waals surface area contributed by atoms with Gasteiger partial charge >= 0.3 is 5.97 Å². The molecule has 0 amide bonds. The van der Waals surface area contributed by atoms with E-state index in [0.29, 0.717) is 36.5 Å². The van der Waals surface area contributed by atoms with Crippen LogP contribution in [0.25, 0.3) is 0 Å². The third kappa shape index (κ3) is 3.35. The molecule has 1 aromatic heterocycles.